The Morgan fingerprint density at radius 1 is 1.09 bits per heavy atom. The van der Waals surface area contributed by atoms with Crippen LogP contribution in [0.2, 0.25) is 10.0 Å². The molecule has 0 radical (unpaired) electrons. The molecule has 1 aliphatic heterocycles. The highest BCUT2D eigenvalue weighted by Gasteiger charge is 2.46. The van der Waals surface area contributed by atoms with Crippen LogP contribution in [0.3, 0.4) is 0 Å². The van der Waals surface area contributed by atoms with Crippen molar-refractivity contribution >= 4 is 40.7 Å². The van der Waals surface area contributed by atoms with Crippen molar-refractivity contribution in [3.8, 4) is 5.75 Å². The van der Waals surface area contributed by atoms with Gasteiger partial charge in [-0.05, 0) is 37.4 Å². The molecule has 1 N–H and O–H groups in total. The van der Waals surface area contributed by atoms with Crippen LogP contribution in [0.15, 0.2) is 48.0 Å². The zero-order valence-electron chi connectivity index (χ0n) is 18.3. The van der Waals surface area contributed by atoms with Crippen LogP contribution in [0.1, 0.15) is 31.0 Å². The van der Waals surface area contributed by atoms with Crippen molar-refractivity contribution in [2.24, 2.45) is 0 Å². The van der Waals surface area contributed by atoms with Gasteiger partial charge in [0.2, 0.25) is 0 Å². The predicted molar refractivity (Wildman–Crippen MR) is 126 cm³/mol. The Morgan fingerprint density at radius 3 is 2.41 bits per heavy atom. The molecule has 0 aliphatic carbocycles. The third-order valence-corrected chi connectivity index (χ3v) is 6.46. The molecular formula is C24H26Cl2N2O4. The lowest BCUT2D eigenvalue weighted by molar-refractivity contribution is -0.140. The topological polar surface area (TPSA) is 70.1 Å². The number of hydrogen-bond acceptors (Lipinski definition) is 5. The Hall–Kier alpha value is -2.54. The number of hydrogen-bond donors (Lipinski definition) is 1. The first-order valence-electron chi connectivity index (χ1n) is 10.4. The van der Waals surface area contributed by atoms with E-state index >= 15 is 0 Å². The second-order valence-electron chi connectivity index (χ2n) is 7.39. The van der Waals surface area contributed by atoms with Crippen LogP contribution in [0, 0.1) is 0 Å². The highest BCUT2D eigenvalue weighted by atomic mass is 35.5. The van der Waals surface area contributed by atoms with Crippen LogP contribution in [0.5, 0.6) is 5.75 Å². The molecule has 0 saturated carbocycles. The van der Waals surface area contributed by atoms with Crippen LogP contribution in [-0.4, -0.2) is 59.9 Å². The molecule has 1 amide bonds. The number of Topliss-reactive ketones (excluding diaryl/α,β-unsaturated/α-hetero) is 1. The number of carbonyl (C=O) groups is 2. The number of amides is 1. The summed E-state index contributed by atoms with van der Waals surface area (Å²) < 4.78 is 5.51. The summed E-state index contributed by atoms with van der Waals surface area (Å²) in [6.45, 7) is 6.65. The summed E-state index contributed by atoms with van der Waals surface area (Å²) in [6.07, 6.45) is 0. The number of aliphatic hydroxyl groups excluding tert-OH is 1. The Balaban J connectivity index is 2.16. The molecule has 1 fully saturated rings. The summed E-state index contributed by atoms with van der Waals surface area (Å²) in [7, 11) is 1.53. The number of halogens is 2. The number of likely N-dealkylation sites (N-methyl/N-ethyl adjacent to an activating group) is 1. The monoisotopic (exact) mass is 476 g/mol. The SMILES string of the molecule is CCN(CC)CCN1C(=O)C(=O)/C(=C(/O)c2ccc(Cl)c(Cl)c2)C1c1ccccc1OC. The summed E-state index contributed by atoms with van der Waals surface area (Å²) in [5, 5.41) is 11.7. The van der Waals surface area contributed by atoms with Gasteiger partial charge in [-0.1, -0.05) is 55.2 Å². The van der Waals surface area contributed by atoms with Crippen LogP contribution in [-0.2, 0) is 9.59 Å². The quantitative estimate of drug-likeness (QED) is 0.337. The molecule has 2 aromatic rings. The van der Waals surface area contributed by atoms with Crippen LogP contribution in [0.25, 0.3) is 5.76 Å². The molecule has 0 bridgehead atoms. The van der Waals surface area contributed by atoms with E-state index in [4.69, 9.17) is 27.9 Å². The zero-order chi connectivity index (χ0) is 23.4. The van der Waals surface area contributed by atoms with E-state index in [1.54, 1.807) is 18.2 Å². The number of carbonyl (C=O) groups excluding carboxylic acids is 2. The number of aliphatic hydroxyl groups is 1. The molecule has 1 saturated heterocycles. The first-order valence-corrected chi connectivity index (χ1v) is 11.2. The van der Waals surface area contributed by atoms with E-state index in [0.29, 0.717) is 35.0 Å². The van der Waals surface area contributed by atoms with E-state index in [-0.39, 0.29) is 16.4 Å². The maximum absolute atomic E-state index is 13.1. The number of benzene rings is 2. The molecule has 1 atom stereocenters. The minimum atomic E-state index is -0.795. The normalized spacial score (nSPS) is 17.9. The fraction of sp³-hybridized carbons (Fsp3) is 0.333. The van der Waals surface area contributed by atoms with E-state index in [1.165, 1.54) is 24.1 Å². The van der Waals surface area contributed by atoms with Crippen molar-refractivity contribution in [2.75, 3.05) is 33.3 Å². The Kier molecular flexibility index (Phi) is 7.82. The summed E-state index contributed by atoms with van der Waals surface area (Å²) in [5.41, 5.74) is 0.925. The molecule has 6 nitrogen and oxygen atoms in total. The molecule has 0 aromatic heterocycles. The predicted octanol–water partition coefficient (Wildman–Crippen LogP) is 4.77. The van der Waals surface area contributed by atoms with Crippen molar-refractivity contribution in [1.82, 2.24) is 9.80 Å². The largest absolute Gasteiger partial charge is 0.507 e. The molecule has 1 unspecified atom stereocenters. The average Bonchev–Trinajstić information content (AvgIpc) is 3.05. The molecular weight excluding hydrogens is 451 g/mol. The van der Waals surface area contributed by atoms with Crippen molar-refractivity contribution in [3.63, 3.8) is 0 Å². The molecule has 8 heteroatoms. The first kappa shape index (κ1) is 24.1. The average molecular weight is 477 g/mol. The van der Waals surface area contributed by atoms with Gasteiger partial charge in [-0.3, -0.25) is 9.59 Å². The van der Waals surface area contributed by atoms with Gasteiger partial charge >= 0.3 is 0 Å². The summed E-state index contributed by atoms with van der Waals surface area (Å²) >= 11 is 12.1. The molecule has 170 valence electrons. The Morgan fingerprint density at radius 2 is 1.78 bits per heavy atom. The van der Waals surface area contributed by atoms with Crippen LogP contribution < -0.4 is 4.74 Å². The standard InChI is InChI=1S/C24H26Cl2N2O4/c1-4-27(5-2)12-13-28-21(16-8-6-7-9-19(16)32-3)20(23(30)24(28)31)22(29)15-10-11-17(25)18(26)14-15/h6-11,14,21,29H,4-5,12-13H2,1-3H3/b22-20+. The lowest BCUT2D eigenvalue weighted by Gasteiger charge is -2.29. The van der Waals surface area contributed by atoms with Gasteiger partial charge in [-0.25, -0.2) is 0 Å². The summed E-state index contributed by atoms with van der Waals surface area (Å²) in [4.78, 5) is 29.9. The molecule has 0 spiro atoms. The fourth-order valence-corrected chi connectivity index (χ4v) is 4.21. The number of likely N-dealkylation sites (tertiary alicyclic amines) is 1. The van der Waals surface area contributed by atoms with Gasteiger partial charge < -0.3 is 19.6 Å². The molecule has 3 rings (SSSR count). The van der Waals surface area contributed by atoms with Gasteiger partial charge in [0.05, 0.1) is 28.8 Å². The number of para-hydroxylation sites is 1. The van der Waals surface area contributed by atoms with Crippen LogP contribution in [0.4, 0.5) is 0 Å². The van der Waals surface area contributed by atoms with E-state index in [2.05, 4.69) is 4.90 Å². The van der Waals surface area contributed by atoms with E-state index < -0.39 is 17.7 Å². The summed E-state index contributed by atoms with van der Waals surface area (Å²) in [5.74, 6) is -1.19. The third kappa shape index (κ3) is 4.63. The van der Waals surface area contributed by atoms with Crippen molar-refractivity contribution in [2.45, 2.75) is 19.9 Å². The zero-order valence-corrected chi connectivity index (χ0v) is 19.8. The van der Waals surface area contributed by atoms with Crippen molar-refractivity contribution < 1.29 is 19.4 Å². The van der Waals surface area contributed by atoms with Gasteiger partial charge in [0.1, 0.15) is 11.5 Å². The van der Waals surface area contributed by atoms with Gasteiger partial charge in [-0.2, -0.15) is 0 Å². The van der Waals surface area contributed by atoms with Gasteiger partial charge in [0.25, 0.3) is 11.7 Å². The Labute approximate surface area is 198 Å². The lowest BCUT2D eigenvalue weighted by atomic mass is 9.94. The highest BCUT2D eigenvalue weighted by molar-refractivity contribution is 6.47. The molecule has 32 heavy (non-hydrogen) atoms. The van der Waals surface area contributed by atoms with Gasteiger partial charge in [-0.15, -0.1) is 0 Å². The number of ether oxygens (including phenoxy) is 1. The lowest BCUT2D eigenvalue weighted by Crippen LogP contribution is -2.38. The maximum Gasteiger partial charge on any atom is 0.295 e. The minimum Gasteiger partial charge on any atom is -0.507 e. The minimum absolute atomic E-state index is 0.00237. The second kappa shape index (κ2) is 10.4. The Bertz CT molecular complexity index is 1050. The maximum atomic E-state index is 13.1. The smallest absolute Gasteiger partial charge is 0.295 e. The van der Waals surface area contributed by atoms with E-state index in [1.807, 2.05) is 26.0 Å². The first-order chi connectivity index (χ1) is 15.3. The third-order valence-electron chi connectivity index (χ3n) is 5.72. The molecule has 1 aliphatic rings. The fourth-order valence-electron chi connectivity index (χ4n) is 3.91. The number of methoxy groups -OCH3 is 1. The highest BCUT2D eigenvalue weighted by Crippen LogP contribution is 2.42. The van der Waals surface area contributed by atoms with E-state index in [0.717, 1.165) is 13.1 Å². The van der Waals surface area contributed by atoms with Gasteiger partial charge in [0.15, 0.2) is 0 Å². The molecule has 1 heterocycles. The number of rotatable bonds is 8. The summed E-state index contributed by atoms with van der Waals surface area (Å²) in [6, 6.07) is 10.9. The number of nitrogens with zero attached hydrogens (tertiary/aromatic N) is 2. The van der Waals surface area contributed by atoms with Gasteiger partial charge in [0, 0.05) is 24.2 Å². The van der Waals surface area contributed by atoms with E-state index in [9.17, 15) is 14.7 Å². The van der Waals surface area contributed by atoms with Crippen molar-refractivity contribution in [1.29, 1.82) is 0 Å². The van der Waals surface area contributed by atoms with Crippen molar-refractivity contribution in [3.05, 3.63) is 69.2 Å². The van der Waals surface area contributed by atoms with Crippen LogP contribution >= 0.6 is 23.2 Å². The number of ketones is 1. The second-order valence-corrected chi connectivity index (χ2v) is 8.20. The molecule has 2 aromatic carbocycles.